The molecule has 20 heavy (non-hydrogen) atoms. The van der Waals surface area contributed by atoms with Crippen molar-refractivity contribution in [3.63, 3.8) is 0 Å². The summed E-state index contributed by atoms with van der Waals surface area (Å²) in [7, 11) is 0. The van der Waals surface area contributed by atoms with Crippen LogP contribution in [0.4, 0.5) is 8.78 Å². The first kappa shape index (κ1) is 13.3. The van der Waals surface area contributed by atoms with E-state index in [0.29, 0.717) is 0 Å². The Labute approximate surface area is 118 Å². The Morgan fingerprint density at radius 2 is 1.20 bits per heavy atom. The van der Waals surface area contributed by atoms with Crippen LogP contribution in [-0.2, 0) is 5.41 Å². The maximum absolute atomic E-state index is 14.2. The first-order valence-corrected chi connectivity index (χ1v) is 6.88. The molecule has 0 amide bonds. The molecule has 0 heterocycles. The number of benzene rings is 2. The van der Waals surface area contributed by atoms with E-state index in [4.69, 9.17) is 0 Å². The van der Waals surface area contributed by atoms with Gasteiger partial charge in [0.1, 0.15) is 0 Å². The van der Waals surface area contributed by atoms with Crippen molar-refractivity contribution in [2.24, 2.45) is 5.41 Å². The fourth-order valence-corrected chi connectivity index (χ4v) is 3.64. The molecule has 0 radical (unpaired) electrons. The molecule has 1 aliphatic rings. The molecule has 0 fully saturated rings. The molecule has 0 saturated heterocycles. The van der Waals surface area contributed by atoms with Crippen molar-refractivity contribution in [2.75, 3.05) is 0 Å². The molecule has 0 atom stereocenters. The van der Waals surface area contributed by atoms with Gasteiger partial charge >= 0.3 is 0 Å². The monoisotopic (exact) mass is 272 g/mol. The van der Waals surface area contributed by atoms with Crippen LogP contribution in [0, 0.1) is 5.41 Å². The zero-order valence-corrected chi connectivity index (χ0v) is 12.0. The van der Waals surface area contributed by atoms with Gasteiger partial charge in [-0.25, -0.2) is 8.78 Å². The van der Waals surface area contributed by atoms with Gasteiger partial charge in [0, 0.05) is 0 Å². The molecular weight excluding hydrogens is 254 g/mol. The minimum absolute atomic E-state index is 0.566. The van der Waals surface area contributed by atoms with Gasteiger partial charge in [0.2, 0.25) is 0 Å². The van der Waals surface area contributed by atoms with E-state index < -0.39 is 17.3 Å². The lowest BCUT2D eigenvalue weighted by Crippen LogP contribution is -2.45. The van der Waals surface area contributed by atoms with Gasteiger partial charge in [0.25, 0.3) is 6.43 Å². The molecular formula is C18H18F2. The summed E-state index contributed by atoms with van der Waals surface area (Å²) in [5.41, 5.74) is 1.59. The number of fused-ring (bicyclic) bond motifs is 3. The summed E-state index contributed by atoms with van der Waals surface area (Å²) in [6.07, 6.45) is -2.44. The SMILES string of the molecule is CC(C)(C)C1(C(F)F)c2ccccc2-c2ccccc21. The predicted molar refractivity (Wildman–Crippen MR) is 78.1 cm³/mol. The third kappa shape index (κ3) is 1.45. The summed E-state index contributed by atoms with van der Waals surface area (Å²) in [4.78, 5) is 0. The van der Waals surface area contributed by atoms with Crippen molar-refractivity contribution in [2.45, 2.75) is 32.6 Å². The van der Waals surface area contributed by atoms with E-state index in [1.54, 1.807) is 0 Å². The number of halogens is 2. The van der Waals surface area contributed by atoms with Gasteiger partial charge in [0.15, 0.2) is 0 Å². The van der Waals surface area contributed by atoms with Crippen molar-refractivity contribution in [3.8, 4) is 11.1 Å². The first-order valence-electron chi connectivity index (χ1n) is 6.88. The average Bonchev–Trinajstić information content (AvgIpc) is 2.69. The van der Waals surface area contributed by atoms with Crippen molar-refractivity contribution in [3.05, 3.63) is 59.7 Å². The van der Waals surface area contributed by atoms with Crippen LogP contribution in [-0.4, -0.2) is 6.43 Å². The molecule has 2 heteroatoms. The predicted octanol–water partition coefficient (Wildman–Crippen LogP) is 5.26. The van der Waals surface area contributed by atoms with Crippen LogP contribution in [0.1, 0.15) is 31.9 Å². The van der Waals surface area contributed by atoms with Crippen LogP contribution >= 0.6 is 0 Å². The standard InChI is InChI=1S/C18H18F2/c1-17(2,3)18(16(19)20)14-10-6-4-8-12(14)13-9-5-7-11-15(13)18/h4-11,16H,1-3H3. The van der Waals surface area contributed by atoms with Gasteiger partial charge in [-0.15, -0.1) is 0 Å². The summed E-state index contributed by atoms with van der Waals surface area (Å²) in [6, 6.07) is 15.1. The van der Waals surface area contributed by atoms with Crippen molar-refractivity contribution in [1.82, 2.24) is 0 Å². The molecule has 1 aliphatic carbocycles. The maximum Gasteiger partial charge on any atom is 0.252 e. The number of rotatable bonds is 1. The largest absolute Gasteiger partial charge is 0.252 e. The molecule has 0 bridgehead atoms. The summed E-state index contributed by atoms with van der Waals surface area (Å²) in [5.74, 6) is 0. The fraction of sp³-hybridized carbons (Fsp3) is 0.333. The van der Waals surface area contributed by atoms with E-state index >= 15 is 0 Å². The van der Waals surface area contributed by atoms with E-state index in [2.05, 4.69) is 0 Å². The Morgan fingerprint density at radius 1 is 0.800 bits per heavy atom. The van der Waals surface area contributed by atoms with Crippen molar-refractivity contribution < 1.29 is 8.78 Å². The first-order chi connectivity index (χ1) is 9.40. The molecule has 0 saturated carbocycles. The van der Waals surface area contributed by atoms with Gasteiger partial charge in [-0.3, -0.25) is 0 Å². The Morgan fingerprint density at radius 3 is 1.55 bits per heavy atom. The second kappa shape index (κ2) is 4.15. The lowest BCUT2D eigenvalue weighted by Gasteiger charge is -2.43. The number of hydrogen-bond donors (Lipinski definition) is 0. The topological polar surface area (TPSA) is 0 Å². The molecule has 0 unspecified atom stereocenters. The summed E-state index contributed by atoms with van der Waals surface area (Å²) in [5, 5.41) is 0. The van der Waals surface area contributed by atoms with Gasteiger partial charge < -0.3 is 0 Å². The second-order valence-corrected chi connectivity index (χ2v) is 6.45. The molecule has 2 aromatic carbocycles. The lowest BCUT2D eigenvalue weighted by atomic mass is 9.61. The third-order valence-corrected chi connectivity index (χ3v) is 4.50. The quantitative estimate of drug-likeness (QED) is 0.664. The van der Waals surface area contributed by atoms with Gasteiger partial charge in [0.05, 0.1) is 5.41 Å². The van der Waals surface area contributed by atoms with E-state index in [1.807, 2.05) is 69.3 Å². The molecule has 0 nitrogen and oxygen atoms in total. The third-order valence-electron chi connectivity index (χ3n) is 4.50. The normalized spacial score (nSPS) is 16.1. The highest BCUT2D eigenvalue weighted by Gasteiger charge is 2.57. The molecule has 0 N–H and O–H groups in total. The zero-order chi connectivity index (χ0) is 14.5. The number of hydrogen-bond acceptors (Lipinski definition) is 0. The molecule has 104 valence electrons. The van der Waals surface area contributed by atoms with Crippen LogP contribution in [0.3, 0.4) is 0 Å². The second-order valence-electron chi connectivity index (χ2n) is 6.45. The summed E-state index contributed by atoms with van der Waals surface area (Å²) >= 11 is 0. The van der Waals surface area contributed by atoms with E-state index in [1.165, 1.54) is 0 Å². The van der Waals surface area contributed by atoms with Crippen LogP contribution < -0.4 is 0 Å². The highest BCUT2D eigenvalue weighted by molar-refractivity contribution is 5.81. The van der Waals surface area contributed by atoms with Gasteiger partial charge in [-0.2, -0.15) is 0 Å². The van der Waals surface area contributed by atoms with Gasteiger partial charge in [-0.05, 0) is 27.7 Å². The minimum Gasteiger partial charge on any atom is -0.209 e. The van der Waals surface area contributed by atoms with Gasteiger partial charge in [-0.1, -0.05) is 69.3 Å². The lowest BCUT2D eigenvalue weighted by molar-refractivity contribution is 0.0112. The Kier molecular flexibility index (Phi) is 2.75. The minimum atomic E-state index is -2.44. The highest BCUT2D eigenvalue weighted by atomic mass is 19.3. The van der Waals surface area contributed by atoms with Crippen LogP contribution in [0.5, 0.6) is 0 Å². The molecule has 0 aromatic heterocycles. The zero-order valence-electron chi connectivity index (χ0n) is 12.0. The maximum atomic E-state index is 14.2. The Balaban J connectivity index is 2.46. The Hall–Kier alpha value is -1.70. The highest BCUT2D eigenvalue weighted by Crippen LogP contribution is 2.59. The molecule has 2 aromatic rings. The van der Waals surface area contributed by atoms with Crippen molar-refractivity contribution in [1.29, 1.82) is 0 Å². The van der Waals surface area contributed by atoms with E-state index in [-0.39, 0.29) is 0 Å². The van der Waals surface area contributed by atoms with E-state index in [9.17, 15) is 8.78 Å². The van der Waals surface area contributed by atoms with Crippen LogP contribution in [0.2, 0.25) is 0 Å². The van der Waals surface area contributed by atoms with Crippen LogP contribution in [0.25, 0.3) is 11.1 Å². The number of alkyl halides is 2. The van der Waals surface area contributed by atoms with Crippen LogP contribution in [0.15, 0.2) is 48.5 Å². The summed E-state index contributed by atoms with van der Waals surface area (Å²) < 4.78 is 28.5. The van der Waals surface area contributed by atoms with Crippen molar-refractivity contribution >= 4 is 0 Å². The smallest absolute Gasteiger partial charge is 0.209 e. The van der Waals surface area contributed by atoms with E-state index in [0.717, 1.165) is 22.3 Å². The Bertz CT molecular complexity index is 605. The average molecular weight is 272 g/mol. The molecule has 0 aliphatic heterocycles. The summed E-state index contributed by atoms with van der Waals surface area (Å²) in [6.45, 7) is 5.70. The fourth-order valence-electron chi connectivity index (χ4n) is 3.64. The molecule has 0 spiro atoms. The molecule has 3 rings (SSSR count).